The maximum atomic E-state index is 12.5. The Labute approximate surface area is 454 Å². The summed E-state index contributed by atoms with van der Waals surface area (Å²) >= 11 is 0. The van der Waals surface area contributed by atoms with Gasteiger partial charge in [0.15, 0.2) is 0 Å². The topological polar surface area (TPSA) is 69.6 Å². The van der Waals surface area contributed by atoms with Gasteiger partial charge in [0.2, 0.25) is 5.91 Å². The highest BCUT2D eigenvalue weighted by Crippen LogP contribution is 2.17. The molecule has 4 nitrogen and oxygen atoms in total. The number of unbranched alkanes of at least 4 members (excludes halogenated alkanes) is 29. The number of aliphatic hydroxyl groups excluding tert-OH is 2. The van der Waals surface area contributed by atoms with Gasteiger partial charge in [-0.25, -0.2) is 0 Å². The zero-order valence-electron chi connectivity index (χ0n) is 48.1. The molecule has 3 N–H and O–H groups in total. The first-order valence-electron chi connectivity index (χ1n) is 31.2. The molecule has 0 saturated carbocycles. The summed E-state index contributed by atoms with van der Waals surface area (Å²) in [6, 6.07) is -0.547. The molecule has 0 spiro atoms. The molecule has 0 aliphatic carbocycles. The zero-order chi connectivity index (χ0) is 52.7. The molecule has 0 aromatic carbocycles. The van der Waals surface area contributed by atoms with Crippen molar-refractivity contribution in [1.29, 1.82) is 0 Å². The van der Waals surface area contributed by atoms with Gasteiger partial charge >= 0.3 is 0 Å². The number of nitrogens with one attached hydrogen (secondary N) is 1. The van der Waals surface area contributed by atoms with Crippen LogP contribution in [0.5, 0.6) is 0 Å². The fourth-order valence-electron chi connectivity index (χ4n) is 9.04. The summed E-state index contributed by atoms with van der Waals surface area (Å²) in [7, 11) is 0. The van der Waals surface area contributed by atoms with E-state index < -0.39 is 12.1 Å². The second-order valence-corrected chi connectivity index (χ2v) is 20.7. The molecule has 4 heteroatoms. The monoisotopic (exact) mass is 1010 g/mol. The molecular weight excluding hydrogens is 891 g/mol. The van der Waals surface area contributed by atoms with E-state index in [9.17, 15) is 15.0 Å². The van der Waals surface area contributed by atoms with E-state index in [4.69, 9.17) is 0 Å². The second kappa shape index (κ2) is 63.1. The SMILES string of the molecule is CC/C=C\C/C=C\C/C=C\C/C=C\C/C=C\C/C=C\C/C=C\C/C=C\C/C=C\C/C=C\CCCCCCCCCCCCC(=O)NC(CO)C(O)CCCCCCCCCCCCCCCCCCCCCC. The number of allylic oxidation sites excluding steroid dienone is 20. The van der Waals surface area contributed by atoms with Gasteiger partial charge in [-0.1, -0.05) is 315 Å². The van der Waals surface area contributed by atoms with Crippen LogP contribution >= 0.6 is 0 Å². The standard InChI is InChI=1S/C69H119NO3/c1-3-5-7-9-11-13-15-17-19-21-23-25-26-27-28-29-30-31-32-33-34-35-36-37-38-39-40-41-42-43-44-45-47-49-51-53-55-57-59-61-63-65-69(73)70-67(66-71)68(72)64-62-60-58-56-54-52-50-48-46-24-22-20-18-16-14-12-10-8-6-4-2/h5,7,11,13,17,19,23,25,27-28,30-31,33-34,36-37,39-40,42-43,67-68,71-72H,3-4,6,8-10,12,14-16,18,20-22,24,26,29,32,35,38,41,44-66H2,1-2H3,(H,70,73)/b7-5-,13-11-,19-17-,25-23-,28-27-,31-30-,34-33-,37-36-,40-39-,43-42-. The summed E-state index contributed by atoms with van der Waals surface area (Å²) in [6.45, 7) is 4.26. The van der Waals surface area contributed by atoms with Crippen LogP contribution in [0.15, 0.2) is 122 Å². The van der Waals surface area contributed by atoms with Gasteiger partial charge < -0.3 is 15.5 Å². The van der Waals surface area contributed by atoms with Crippen LogP contribution in [0.1, 0.15) is 290 Å². The summed E-state index contributed by atoms with van der Waals surface area (Å²) in [5.41, 5.74) is 0. The largest absolute Gasteiger partial charge is 0.394 e. The first-order valence-corrected chi connectivity index (χ1v) is 31.2. The number of carbonyl (C=O) groups excluding carboxylic acids is 1. The maximum Gasteiger partial charge on any atom is 0.220 e. The predicted molar refractivity (Wildman–Crippen MR) is 326 cm³/mol. The van der Waals surface area contributed by atoms with Crippen LogP contribution < -0.4 is 5.32 Å². The van der Waals surface area contributed by atoms with Gasteiger partial charge in [0, 0.05) is 6.42 Å². The normalized spacial score (nSPS) is 13.6. The van der Waals surface area contributed by atoms with Crippen molar-refractivity contribution >= 4 is 5.91 Å². The lowest BCUT2D eigenvalue weighted by molar-refractivity contribution is -0.123. The number of amides is 1. The Kier molecular flexibility index (Phi) is 60.3. The van der Waals surface area contributed by atoms with Crippen LogP contribution in [0.3, 0.4) is 0 Å². The number of rotatable bonds is 56. The van der Waals surface area contributed by atoms with Crippen molar-refractivity contribution in [2.75, 3.05) is 6.61 Å². The molecule has 0 aliphatic heterocycles. The van der Waals surface area contributed by atoms with Crippen molar-refractivity contribution < 1.29 is 15.0 Å². The van der Waals surface area contributed by atoms with E-state index in [1.165, 1.54) is 173 Å². The minimum atomic E-state index is -0.669. The Bertz CT molecular complexity index is 1420. The summed E-state index contributed by atoms with van der Waals surface area (Å²) in [5, 5.41) is 23.4. The van der Waals surface area contributed by atoms with E-state index >= 15 is 0 Å². The van der Waals surface area contributed by atoms with E-state index in [1.807, 2.05) is 0 Å². The van der Waals surface area contributed by atoms with Crippen molar-refractivity contribution in [2.45, 2.75) is 302 Å². The molecule has 2 unspecified atom stereocenters. The van der Waals surface area contributed by atoms with Crippen molar-refractivity contribution in [1.82, 2.24) is 5.32 Å². The maximum absolute atomic E-state index is 12.5. The van der Waals surface area contributed by atoms with Crippen LogP contribution in [0.4, 0.5) is 0 Å². The third-order valence-corrected chi connectivity index (χ3v) is 13.7. The highest BCUT2D eigenvalue weighted by atomic mass is 16.3. The van der Waals surface area contributed by atoms with Gasteiger partial charge in [0.1, 0.15) is 0 Å². The lowest BCUT2D eigenvalue weighted by Gasteiger charge is -2.22. The fourth-order valence-corrected chi connectivity index (χ4v) is 9.04. The molecule has 0 aromatic heterocycles. The van der Waals surface area contributed by atoms with Crippen LogP contribution in [-0.2, 0) is 4.79 Å². The number of hydrogen-bond acceptors (Lipinski definition) is 3. The van der Waals surface area contributed by atoms with Crippen molar-refractivity contribution in [3.63, 3.8) is 0 Å². The van der Waals surface area contributed by atoms with E-state index in [-0.39, 0.29) is 12.5 Å². The van der Waals surface area contributed by atoms with Crippen LogP contribution in [0, 0.1) is 0 Å². The fraction of sp³-hybridized carbons (Fsp3) is 0.696. The minimum Gasteiger partial charge on any atom is -0.394 e. The smallest absolute Gasteiger partial charge is 0.220 e. The molecule has 2 atom stereocenters. The molecule has 0 aromatic rings. The Morgan fingerprint density at radius 1 is 0.342 bits per heavy atom. The Morgan fingerprint density at radius 2 is 0.603 bits per heavy atom. The Balaban J connectivity index is 3.56. The molecule has 1 amide bonds. The average molecular weight is 1010 g/mol. The molecule has 418 valence electrons. The quantitative estimate of drug-likeness (QED) is 0.0420. The van der Waals surface area contributed by atoms with Gasteiger partial charge in [-0.3, -0.25) is 4.79 Å². The molecule has 0 rings (SSSR count). The third kappa shape index (κ3) is 59.5. The second-order valence-electron chi connectivity index (χ2n) is 20.7. The Morgan fingerprint density at radius 3 is 0.904 bits per heavy atom. The van der Waals surface area contributed by atoms with Crippen molar-refractivity contribution in [3.8, 4) is 0 Å². The van der Waals surface area contributed by atoms with E-state index in [0.29, 0.717) is 12.8 Å². The summed E-state index contributed by atoms with van der Waals surface area (Å²) in [6.07, 6.45) is 96.3. The number of hydrogen-bond donors (Lipinski definition) is 3. The molecule has 0 radical (unpaired) electrons. The Hall–Kier alpha value is -3.21. The van der Waals surface area contributed by atoms with Crippen molar-refractivity contribution in [3.05, 3.63) is 122 Å². The molecule has 0 aliphatic rings. The molecule has 0 heterocycles. The summed E-state index contributed by atoms with van der Waals surface area (Å²) in [4.78, 5) is 12.5. The zero-order valence-corrected chi connectivity index (χ0v) is 48.1. The summed E-state index contributed by atoms with van der Waals surface area (Å²) in [5.74, 6) is -0.0379. The third-order valence-electron chi connectivity index (χ3n) is 13.7. The molecular formula is C69H119NO3. The lowest BCUT2D eigenvalue weighted by atomic mass is 10.0. The van der Waals surface area contributed by atoms with Crippen LogP contribution in [-0.4, -0.2) is 34.9 Å². The van der Waals surface area contributed by atoms with Gasteiger partial charge in [0.05, 0.1) is 18.8 Å². The van der Waals surface area contributed by atoms with Crippen molar-refractivity contribution in [2.24, 2.45) is 0 Å². The number of carbonyl (C=O) groups is 1. The molecule has 73 heavy (non-hydrogen) atoms. The first-order chi connectivity index (χ1) is 36.2. The van der Waals surface area contributed by atoms with E-state index in [1.54, 1.807) is 0 Å². The highest BCUT2D eigenvalue weighted by Gasteiger charge is 2.20. The van der Waals surface area contributed by atoms with Crippen LogP contribution in [0.2, 0.25) is 0 Å². The van der Waals surface area contributed by atoms with Gasteiger partial charge in [-0.05, 0) is 89.9 Å². The van der Waals surface area contributed by atoms with Gasteiger partial charge in [-0.2, -0.15) is 0 Å². The average Bonchev–Trinajstić information content (AvgIpc) is 3.40. The van der Waals surface area contributed by atoms with Crippen LogP contribution in [0.25, 0.3) is 0 Å². The van der Waals surface area contributed by atoms with Gasteiger partial charge in [-0.15, -0.1) is 0 Å². The summed E-state index contributed by atoms with van der Waals surface area (Å²) < 4.78 is 0. The highest BCUT2D eigenvalue weighted by molar-refractivity contribution is 5.76. The first kappa shape index (κ1) is 69.8. The van der Waals surface area contributed by atoms with E-state index in [2.05, 4.69) is 141 Å². The van der Waals surface area contributed by atoms with Gasteiger partial charge in [0.25, 0.3) is 0 Å². The van der Waals surface area contributed by atoms with E-state index in [0.717, 1.165) is 89.9 Å². The lowest BCUT2D eigenvalue weighted by Crippen LogP contribution is -2.45. The number of aliphatic hydroxyl groups is 2. The minimum absolute atomic E-state index is 0.0379. The molecule has 0 fully saturated rings. The predicted octanol–water partition coefficient (Wildman–Crippen LogP) is 21.2. The molecule has 0 saturated heterocycles. The molecule has 0 bridgehead atoms.